The van der Waals surface area contributed by atoms with Crippen LogP contribution in [-0.4, -0.2) is 34.2 Å². The lowest BCUT2D eigenvalue weighted by Crippen LogP contribution is -2.28. The predicted molar refractivity (Wildman–Crippen MR) is 73.3 cm³/mol. The van der Waals surface area contributed by atoms with E-state index in [9.17, 15) is 4.39 Å². The number of thioether (sulfide) groups is 2. The molecule has 0 aliphatic carbocycles. The van der Waals surface area contributed by atoms with Crippen molar-refractivity contribution in [2.24, 2.45) is 0 Å². The Morgan fingerprint density at radius 1 is 1.41 bits per heavy atom. The van der Waals surface area contributed by atoms with Crippen LogP contribution in [0.3, 0.4) is 0 Å². The number of aromatic hydroxyl groups is 1. The molecule has 0 bridgehead atoms. The van der Waals surface area contributed by atoms with Gasteiger partial charge in [0.15, 0.2) is 11.6 Å². The first-order chi connectivity index (χ1) is 8.25. The highest BCUT2D eigenvalue weighted by molar-refractivity contribution is 8.06. The zero-order chi connectivity index (χ0) is 12.1. The highest BCUT2D eigenvalue weighted by atomic mass is 32.2. The quantitative estimate of drug-likeness (QED) is 0.883. The number of phenolic OH excluding ortho intramolecular Hbond substituents is 1. The van der Waals surface area contributed by atoms with Crippen molar-refractivity contribution in [1.29, 1.82) is 0 Å². The first-order valence-corrected chi connectivity index (χ1v) is 7.83. The summed E-state index contributed by atoms with van der Waals surface area (Å²) in [7, 11) is 0. The molecule has 0 spiro atoms. The van der Waals surface area contributed by atoms with E-state index >= 15 is 0 Å². The number of benzene rings is 1. The van der Waals surface area contributed by atoms with Crippen molar-refractivity contribution in [2.45, 2.75) is 11.8 Å². The molecule has 1 aromatic carbocycles. The number of phenols is 1. The smallest absolute Gasteiger partial charge is 0.165 e. The largest absolute Gasteiger partial charge is 0.505 e. The Hall–Kier alpha value is -0.390. The standard InChI is InChI=1S/C12H16FNOS2/c13-11-5-9(1-2-12(11)15)6-14-7-10-8-16-3-4-17-10/h1-2,5,10,14-15H,3-4,6-8H2. The van der Waals surface area contributed by atoms with Gasteiger partial charge in [-0.25, -0.2) is 4.39 Å². The third-order valence-corrected chi connectivity index (χ3v) is 5.44. The van der Waals surface area contributed by atoms with Crippen LogP contribution in [0.25, 0.3) is 0 Å². The van der Waals surface area contributed by atoms with E-state index in [0.29, 0.717) is 11.8 Å². The minimum atomic E-state index is -0.549. The zero-order valence-corrected chi connectivity index (χ0v) is 11.1. The molecule has 0 amide bonds. The van der Waals surface area contributed by atoms with Gasteiger partial charge in [-0.1, -0.05) is 6.07 Å². The minimum Gasteiger partial charge on any atom is -0.505 e. The molecule has 1 atom stereocenters. The summed E-state index contributed by atoms with van der Waals surface area (Å²) < 4.78 is 13.1. The molecular formula is C12H16FNOS2. The van der Waals surface area contributed by atoms with Crippen LogP contribution in [0.1, 0.15) is 5.56 Å². The predicted octanol–water partition coefficient (Wildman–Crippen LogP) is 2.47. The SMILES string of the molecule is Oc1ccc(CNCC2CSCCS2)cc1F. The Kier molecular flexibility index (Phi) is 5.00. The van der Waals surface area contributed by atoms with Crippen LogP contribution < -0.4 is 5.32 Å². The molecule has 1 fully saturated rings. The summed E-state index contributed by atoms with van der Waals surface area (Å²) in [6.07, 6.45) is 0. The average molecular weight is 273 g/mol. The molecule has 1 aliphatic heterocycles. The number of hydrogen-bond acceptors (Lipinski definition) is 4. The molecule has 2 N–H and O–H groups in total. The Bertz CT molecular complexity index is 370. The van der Waals surface area contributed by atoms with E-state index in [4.69, 9.17) is 5.11 Å². The third-order valence-electron chi connectivity index (χ3n) is 2.60. The lowest BCUT2D eigenvalue weighted by Gasteiger charge is -2.21. The van der Waals surface area contributed by atoms with Crippen molar-refractivity contribution in [1.82, 2.24) is 5.32 Å². The van der Waals surface area contributed by atoms with E-state index in [0.717, 1.165) is 12.1 Å². The molecule has 1 aromatic rings. The van der Waals surface area contributed by atoms with Gasteiger partial charge < -0.3 is 10.4 Å². The summed E-state index contributed by atoms with van der Waals surface area (Å²) in [6, 6.07) is 4.52. The van der Waals surface area contributed by atoms with Gasteiger partial charge in [0.2, 0.25) is 0 Å². The summed E-state index contributed by atoms with van der Waals surface area (Å²) in [5, 5.41) is 13.1. The molecular weight excluding hydrogens is 257 g/mol. The molecule has 1 aliphatic rings. The van der Waals surface area contributed by atoms with Crippen LogP contribution >= 0.6 is 23.5 Å². The first-order valence-electron chi connectivity index (χ1n) is 5.63. The van der Waals surface area contributed by atoms with Gasteiger partial charge >= 0.3 is 0 Å². The van der Waals surface area contributed by atoms with E-state index in [1.54, 1.807) is 6.07 Å². The second kappa shape index (κ2) is 6.52. The molecule has 1 unspecified atom stereocenters. The zero-order valence-electron chi connectivity index (χ0n) is 9.49. The molecule has 2 rings (SSSR count). The van der Waals surface area contributed by atoms with Crippen molar-refractivity contribution in [3.8, 4) is 5.75 Å². The summed E-state index contributed by atoms with van der Waals surface area (Å²) in [5.41, 5.74) is 0.869. The maximum atomic E-state index is 13.1. The summed E-state index contributed by atoms with van der Waals surface area (Å²) in [5.74, 6) is 2.84. The van der Waals surface area contributed by atoms with E-state index in [2.05, 4.69) is 5.32 Å². The number of rotatable bonds is 4. The number of nitrogens with one attached hydrogen (secondary N) is 1. The van der Waals surface area contributed by atoms with E-state index in [1.165, 1.54) is 29.4 Å². The van der Waals surface area contributed by atoms with Crippen molar-refractivity contribution in [3.63, 3.8) is 0 Å². The first kappa shape index (κ1) is 13.1. The van der Waals surface area contributed by atoms with Gasteiger partial charge in [-0.2, -0.15) is 23.5 Å². The lowest BCUT2D eigenvalue weighted by molar-refractivity contribution is 0.431. The molecule has 5 heteroatoms. The fourth-order valence-corrected chi connectivity index (χ4v) is 4.34. The van der Waals surface area contributed by atoms with Crippen molar-refractivity contribution in [2.75, 3.05) is 23.8 Å². The van der Waals surface area contributed by atoms with Crippen LogP contribution in [0.15, 0.2) is 18.2 Å². The molecule has 1 heterocycles. The minimum absolute atomic E-state index is 0.284. The van der Waals surface area contributed by atoms with Crippen LogP contribution in [0.4, 0.5) is 4.39 Å². The number of hydrogen-bond donors (Lipinski definition) is 2. The van der Waals surface area contributed by atoms with E-state index in [-0.39, 0.29) is 5.75 Å². The highest BCUT2D eigenvalue weighted by Gasteiger charge is 2.13. The van der Waals surface area contributed by atoms with Gasteiger partial charge in [-0.05, 0) is 17.7 Å². The van der Waals surface area contributed by atoms with Crippen molar-refractivity contribution < 1.29 is 9.50 Å². The molecule has 17 heavy (non-hydrogen) atoms. The van der Waals surface area contributed by atoms with Gasteiger partial charge in [0.05, 0.1) is 0 Å². The topological polar surface area (TPSA) is 32.3 Å². The van der Waals surface area contributed by atoms with Crippen molar-refractivity contribution in [3.05, 3.63) is 29.6 Å². The monoisotopic (exact) mass is 273 g/mol. The van der Waals surface area contributed by atoms with Gasteiger partial charge in [-0.15, -0.1) is 0 Å². The lowest BCUT2D eigenvalue weighted by atomic mass is 10.2. The van der Waals surface area contributed by atoms with Gasteiger partial charge in [-0.3, -0.25) is 0 Å². The Morgan fingerprint density at radius 2 is 2.29 bits per heavy atom. The molecule has 0 aromatic heterocycles. The molecule has 94 valence electrons. The van der Waals surface area contributed by atoms with Gasteiger partial charge in [0.1, 0.15) is 0 Å². The fourth-order valence-electron chi connectivity index (χ4n) is 1.69. The third kappa shape index (κ3) is 4.08. The van der Waals surface area contributed by atoms with Crippen molar-refractivity contribution >= 4 is 23.5 Å². The number of halogens is 1. The average Bonchev–Trinajstić information content (AvgIpc) is 2.35. The molecule has 1 saturated heterocycles. The van der Waals surface area contributed by atoms with E-state index < -0.39 is 5.82 Å². The molecule has 2 nitrogen and oxygen atoms in total. The van der Waals surface area contributed by atoms with Crippen LogP contribution in [0, 0.1) is 5.82 Å². The fraction of sp³-hybridized carbons (Fsp3) is 0.500. The second-order valence-electron chi connectivity index (χ2n) is 3.98. The highest BCUT2D eigenvalue weighted by Crippen LogP contribution is 2.23. The summed E-state index contributed by atoms with van der Waals surface area (Å²) in [6.45, 7) is 1.61. The Morgan fingerprint density at radius 3 is 3.00 bits per heavy atom. The maximum absolute atomic E-state index is 13.1. The molecule has 0 saturated carbocycles. The maximum Gasteiger partial charge on any atom is 0.165 e. The summed E-state index contributed by atoms with van der Waals surface area (Å²) in [4.78, 5) is 0. The summed E-state index contributed by atoms with van der Waals surface area (Å²) >= 11 is 4.01. The van der Waals surface area contributed by atoms with Crippen LogP contribution in [-0.2, 0) is 6.54 Å². The van der Waals surface area contributed by atoms with Crippen LogP contribution in [0.2, 0.25) is 0 Å². The van der Waals surface area contributed by atoms with E-state index in [1.807, 2.05) is 23.5 Å². The van der Waals surface area contributed by atoms with Gasteiger partial charge in [0.25, 0.3) is 0 Å². The Balaban J connectivity index is 1.75. The molecule has 0 radical (unpaired) electrons. The normalized spacial score (nSPS) is 20.4. The Labute approximate surface area is 109 Å². The van der Waals surface area contributed by atoms with Gasteiger partial charge in [0, 0.05) is 35.6 Å². The van der Waals surface area contributed by atoms with Crippen LogP contribution in [0.5, 0.6) is 5.75 Å². The second-order valence-corrected chi connectivity index (χ2v) is 6.54.